The molecular formula is C21H31N7O2S. The van der Waals surface area contributed by atoms with Crippen LogP contribution < -0.4 is 11.0 Å². The van der Waals surface area contributed by atoms with E-state index < -0.39 is 0 Å². The van der Waals surface area contributed by atoms with Gasteiger partial charge in [-0.1, -0.05) is 32.0 Å². The molecule has 2 heterocycles. The second kappa shape index (κ2) is 10.1. The summed E-state index contributed by atoms with van der Waals surface area (Å²) in [5.74, 6) is 0.811. The molecule has 168 valence electrons. The quantitative estimate of drug-likeness (QED) is 0.413. The van der Waals surface area contributed by atoms with Crippen LogP contribution in [0.2, 0.25) is 0 Å². The second-order valence-corrected chi connectivity index (χ2v) is 9.13. The van der Waals surface area contributed by atoms with Gasteiger partial charge in [0.05, 0.1) is 22.3 Å². The number of H-pyrrole nitrogens is 2. The summed E-state index contributed by atoms with van der Waals surface area (Å²) in [6.45, 7) is 6.99. The van der Waals surface area contributed by atoms with Crippen molar-refractivity contribution in [2.75, 3.05) is 19.4 Å². The number of imidazole rings is 1. The first kappa shape index (κ1) is 23.1. The molecule has 0 aliphatic rings. The molecule has 0 saturated carbocycles. The minimum Gasteiger partial charge on any atom is -0.325 e. The lowest BCUT2D eigenvalue weighted by molar-refractivity contribution is -0.115. The molecule has 2 unspecified atom stereocenters. The molecule has 1 amide bonds. The zero-order valence-corrected chi connectivity index (χ0v) is 19.5. The van der Waals surface area contributed by atoms with Crippen LogP contribution in [0.5, 0.6) is 0 Å². The third-order valence-electron chi connectivity index (χ3n) is 5.22. The summed E-state index contributed by atoms with van der Waals surface area (Å²) in [5, 5.41) is 12.2. The number of hydrogen-bond donors (Lipinski definition) is 3. The summed E-state index contributed by atoms with van der Waals surface area (Å²) in [5.41, 5.74) is 1.72. The summed E-state index contributed by atoms with van der Waals surface area (Å²) in [6.07, 6.45) is 3.03. The fourth-order valence-corrected chi connectivity index (χ4v) is 4.39. The maximum Gasteiger partial charge on any atom is 0.323 e. The van der Waals surface area contributed by atoms with Crippen molar-refractivity contribution in [2.45, 2.75) is 63.0 Å². The number of thioether (sulfide) groups is 1. The summed E-state index contributed by atoms with van der Waals surface area (Å²) in [4.78, 5) is 31.8. The van der Waals surface area contributed by atoms with Gasteiger partial charge in [-0.3, -0.25) is 9.69 Å². The van der Waals surface area contributed by atoms with E-state index in [9.17, 15) is 9.59 Å². The van der Waals surface area contributed by atoms with Crippen LogP contribution in [0.1, 0.15) is 51.9 Å². The highest BCUT2D eigenvalue weighted by Gasteiger charge is 2.24. The van der Waals surface area contributed by atoms with Gasteiger partial charge in [-0.05, 0) is 52.1 Å². The maximum absolute atomic E-state index is 12.8. The van der Waals surface area contributed by atoms with Crippen molar-refractivity contribution in [3.63, 3.8) is 0 Å². The average Bonchev–Trinajstić information content (AvgIpc) is 3.28. The van der Waals surface area contributed by atoms with Crippen LogP contribution in [0, 0.1) is 0 Å². The van der Waals surface area contributed by atoms with E-state index in [1.807, 2.05) is 21.0 Å². The molecule has 10 heteroatoms. The highest BCUT2D eigenvalue weighted by atomic mass is 32.2. The molecule has 3 aromatic rings. The molecule has 3 N–H and O–H groups in total. The second-order valence-electron chi connectivity index (χ2n) is 7.82. The van der Waals surface area contributed by atoms with Crippen LogP contribution in [0.4, 0.5) is 5.69 Å². The first-order valence-corrected chi connectivity index (χ1v) is 11.5. The van der Waals surface area contributed by atoms with Crippen LogP contribution in [-0.2, 0) is 11.3 Å². The van der Waals surface area contributed by atoms with Crippen molar-refractivity contribution in [3.8, 4) is 0 Å². The number of fused-ring (bicyclic) bond motifs is 1. The Kier molecular flexibility index (Phi) is 7.55. The van der Waals surface area contributed by atoms with Crippen molar-refractivity contribution in [1.82, 2.24) is 29.6 Å². The Bertz CT molecular complexity index is 1090. The molecule has 0 radical (unpaired) electrons. The molecule has 2 atom stereocenters. The maximum atomic E-state index is 12.8. The highest BCUT2D eigenvalue weighted by Crippen LogP contribution is 2.28. The third-order valence-corrected chi connectivity index (χ3v) is 6.30. The molecule has 0 bridgehead atoms. The number of nitrogens with zero attached hydrogens (tertiary/aromatic N) is 4. The van der Waals surface area contributed by atoms with E-state index >= 15 is 0 Å². The first-order chi connectivity index (χ1) is 14.8. The Morgan fingerprint density at radius 3 is 2.65 bits per heavy atom. The van der Waals surface area contributed by atoms with E-state index in [4.69, 9.17) is 0 Å². The minimum absolute atomic E-state index is 0.131. The zero-order valence-electron chi connectivity index (χ0n) is 18.7. The number of anilines is 1. The van der Waals surface area contributed by atoms with E-state index in [-0.39, 0.29) is 22.9 Å². The van der Waals surface area contributed by atoms with Crippen molar-refractivity contribution in [1.29, 1.82) is 0 Å². The summed E-state index contributed by atoms with van der Waals surface area (Å²) >= 11 is 1.41. The van der Waals surface area contributed by atoms with Crippen LogP contribution >= 0.6 is 11.8 Å². The van der Waals surface area contributed by atoms with Gasteiger partial charge in [-0.2, -0.15) is 0 Å². The normalized spacial score (nSPS) is 13.6. The van der Waals surface area contributed by atoms with E-state index in [1.165, 1.54) is 11.8 Å². The summed E-state index contributed by atoms with van der Waals surface area (Å²) in [6, 6.07) is 5.46. The first-order valence-electron chi connectivity index (χ1n) is 10.6. The number of carbonyl (C=O) groups is 1. The van der Waals surface area contributed by atoms with Crippen LogP contribution in [0.3, 0.4) is 0 Å². The lowest BCUT2D eigenvalue weighted by Crippen LogP contribution is -2.24. The smallest absolute Gasteiger partial charge is 0.323 e. The molecule has 2 aromatic heterocycles. The van der Waals surface area contributed by atoms with Gasteiger partial charge in [0.25, 0.3) is 0 Å². The van der Waals surface area contributed by atoms with Gasteiger partial charge >= 0.3 is 5.69 Å². The van der Waals surface area contributed by atoms with E-state index in [1.54, 1.807) is 18.2 Å². The average molecular weight is 446 g/mol. The third kappa shape index (κ3) is 5.37. The number of hydrogen-bond acceptors (Lipinski definition) is 6. The van der Waals surface area contributed by atoms with Crippen molar-refractivity contribution >= 4 is 34.4 Å². The Morgan fingerprint density at radius 1 is 1.23 bits per heavy atom. The molecule has 0 aliphatic carbocycles. The summed E-state index contributed by atoms with van der Waals surface area (Å²) < 4.78 is 2.16. The molecule has 0 aliphatic heterocycles. The molecule has 3 rings (SSSR count). The Morgan fingerprint density at radius 2 is 1.97 bits per heavy atom. The predicted octanol–water partition coefficient (Wildman–Crippen LogP) is 3.38. The Hall–Kier alpha value is -2.59. The predicted molar refractivity (Wildman–Crippen MR) is 125 cm³/mol. The number of aromatic nitrogens is 5. The van der Waals surface area contributed by atoms with Gasteiger partial charge < -0.3 is 19.9 Å². The van der Waals surface area contributed by atoms with Crippen molar-refractivity contribution in [2.24, 2.45) is 0 Å². The standard InChI is InChI=1S/C21H31N7O2S/c1-6-8-11-28-18(17(7-2)27(4)5)25-26-21(28)31-13(3)19(29)22-14-9-10-15-16(12-14)24-20(30)23-15/h9-10,12-13,17H,6-8,11H2,1-5H3,(H,22,29)(H2,23,24,30). The molecular weight excluding hydrogens is 414 g/mol. The van der Waals surface area contributed by atoms with Gasteiger partial charge in [0.15, 0.2) is 11.0 Å². The molecule has 31 heavy (non-hydrogen) atoms. The largest absolute Gasteiger partial charge is 0.325 e. The van der Waals surface area contributed by atoms with Crippen molar-refractivity contribution < 1.29 is 4.79 Å². The van der Waals surface area contributed by atoms with E-state index in [0.717, 1.165) is 36.8 Å². The fraction of sp³-hybridized carbons (Fsp3) is 0.524. The van der Waals surface area contributed by atoms with Crippen LogP contribution in [0.25, 0.3) is 11.0 Å². The molecule has 1 aromatic carbocycles. The van der Waals surface area contributed by atoms with Gasteiger partial charge in [-0.25, -0.2) is 4.79 Å². The SMILES string of the molecule is CCCCn1c(SC(C)C(=O)Nc2ccc3[nH]c(=O)[nH]c3c2)nnc1C(CC)N(C)C. The number of benzene rings is 1. The topological polar surface area (TPSA) is 112 Å². The van der Waals surface area contributed by atoms with Gasteiger partial charge in [0.2, 0.25) is 5.91 Å². The van der Waals surface area contributed by atoms with Gasteiger partial charge in [0.1, 0.15) is 0 Å². The van der Waals surface area contributed by atoms with Crippen LogP contribution in [-0.4, -0.2) is 54.9 Å². The lowest BCUT2D eigenvalue weighted by atomic mass is 10.2. The lowest BCUT2D eigenvalue weighted by Gasteiger charge is -2.23. The minimum atomic E-state index is -0.363. The molecule has 9 nitrogen and oxygen atoms in total. The molecule has 0 saturated heterocycles. The number of nitrogens with one attached hydrogen (secondary N) is 3. The Balaban J connectivity index is 1.75. The zero-order chi connectivity index (χ0) is 22.5. The van der Waals surface area contributed by atoms with Crippen LogP contribution in [0.15, 0.2) is 28.2 Å². The Labute approximate surface area is 186 Å². The van der Waals surface area contributed by atoms with Gasteiger partial charge in [0, 0.05) is 12.2 Å². The number of unbranched alkanes of at least 4 members (excludes halogenated alkanes) is 1. The number of aromatic amines is 2. The van der Waals surface area contributed by atoms with E-state index in [0.29, 0.717) is 16.7 Å². The van der Waals surface area contributed by atoms with E-state index in [2.05, 4.69) is 48.8 Å². The summed E-state index contributed by atoms with van der Waals surface area (Å²) in [7, 11) is 4.09. The fourth-order valence-electron chi connectivity index (χ4n) is 3.50. The molecule has 0 spiro atoms. The highest BCUT2D eigenvalue weighted by molar-refractivity contribution is 8.00. The van der Waals surface area contributed by atoms with Gasteiger partial charge in [-0.15, -0.1) is 10.2 Å². The number of carbonyl (C=O) groups excluding carboxylic acids is 1. The number of rotatable bonds is 10. The van der Waals surface area contributed by atoms with Crippen molar-refractivity contribution in [3.05, 3.63) is 34.5 Å². The number of amides is 1. The monoisotopic (exact) mass is 445 g/mol. The molecule has 0 fully saturated rings.